The molecular weight excluding hydrogens is 529 g/mol. The normalized spacial score (nSPS) is 15.1. The van der Waals surface area contributed by atoms with E-state index in [4.69, 9.17) is 13.9 Å². The van der Waals surface area contributed by atoms with E-state index in [0.29, 0.717) is 26.6 Å². The predicted molar refractivity (Wildman–Crippen MR) is 138 cm³/mol. The number of furan rings is 1. The van der Waals surface area contributed by atoms with Gasteiger partial charge in [0.1, 0.15) is 23.9 Å². The number of nitro groups is 1. The highest BCUT2D eigenvalue weighted by molar-refractivity contribution is 7.07. The highest BCUT2D eigenvalue weighted by atomic mass is 32.1. The number of ether oxygens (including phenoxy) is 2. The Labute approximate surface area is 223 Å². The van der Waals surface area contributed by atoms with Gasteiger partial charge in [0.25, 0.3) is 5.56 Å². The van der Waals surface area contributed by atoms with Crippen LogP contribution in [0, 0.1) is 15.9 Å². The molecule has 1 aliphatic heterocycles. The SMILES string of the molecule is COC(=O)C1=C(C)N=c2sc(=Cc3ccc(COc4cc(F)ccc4[N+](=O)[O-])o3)c(=O)n2[C@@H]1c1ccccc1. The minimum atomic E-state index is -0.723. The number of allylic oxidation sites excluding steroid dienone is 1. The molecule has 12 heteroatoms. The van der Waals surface area contributed by atoms with E-state index >= 15 is 0 Å². The summed E-state index contributed by atoms with van der Waals surface area (Å²) in [5.74, 6) is -0.852. The number of esters is 1. The first-order valence-corrected chi connectivity index (χ1v) is 12.4. The summed E-state index contributed by atoms with van der Waals surface area (Å²) in [6.45, 7) is 1.50. The summed E-state index contributed by atoms with van der Waals surface area (Å²) in [7, 11) is 1.28. The van der Waals surface area contributed by atoms with Crippen molar-refractivity contribution >= 4 is 29.1 Å². The van der Waals surface area contributed by atoms with Crippen LogP contribution in [0.1, 0.15) is 30.0 Å². The van der Waals surface area contributed by atoms with Crippen molar-refractivity contribution in [2.24, 2.45) is 4.99 Å². The summed E-state index contributed by atoms with van der Waals surface area (Å²) in [6.07, 6.45) is 1.54. The van der Waals surface area contributed by atoms with Crippen molar-refractivity contribution < 1.29 is 28.0 Å². The fourth-order valence-corrected chi connectivity index (χ4v) is 5.25. The molecule has 2 aromatic heterocycles. The molecular formula is C27H20FN3O7S. The number of thiazole rings is 1. The molecule has 1 atom stereocenters. The molecule has 4 aromatic rings. The standard InChI is InChI=1S/C27H20FN3O7S/c1-15-23(26(33)36-2)24(16-6-4-3-5-7-16)30-25(32)22(39-27(30)29-15)13-18-9-10-19(38-18)14-37-21-12-17(28)8-11-20(21)31(34)35/h3-13,24H,14H2,1-2H3/t24-/m1/s1. The lowest BCUT2D eigenvalue weighted by Gasteiger charge is -2.24. The summed E-state index contributed by atoms with van der Waals surface area (Å²) in [6, 6.07) is 14.5. The van der Waals surface area contributed by atoms with Crippen LogP contribution in [0.15, 0.2) is 86.1 Å². The largest absolute Gasteiger partial charge is 0.479 e. The van der Waals surface area contributed by atoms with Gasteiger partial charge in [0.05, 0.1) is 33.9 Å². The number of benzene rings is 2. The van der Waals surface area contributed by atoms with Crippen molar-refractivity contribution in [3.63, 3.8) is 0 Å². The third-order valence-corrected chi connectivity index (χ3v) is 6.97. The third-order valence-electron chi connectivity index (χ3n) is 5.99. The fourth-order valence-electron chi connectivity index (χ4n) is 4.23. The lowest BCUT2D eigenvalue weighted by molar-refractivity contribution is -0.386. The van der Waals surface area contributed by atoms with Crippen molar-refractivity contribution in [2.75, 3.05) is 7.11 Å². The Hall–Kier alpha value is -4.84. The fraction of sp³-hybridized carbons (Fsp3) is 0.148. The molecule has 198 valence electrons. The van der Waals surface area contributed by atoms with Gasteiger partial charge in [0, 0.05) is 18.2 Å². The predicted octanol–water partition coefficient (Wildman–Crippen LogP) is 3.63. The smallest absolute Gasteiger partial charge is 0.338 e. The zero-order chi connectivity index (χ0) is 27.7. The molecule has 1 aliphatic rings. The molecule has 0 amide bonds. The summed E-state index contributed by atoms with van der Waals surface area (Å²) < 4.78 is 31.5. The summed E-state index contributed by atoms with van der Waals surface area (Å²) >= 11 is 1.14. The summed E-state index contributed by atoms with van der Waals surface area (Å²) in [5.41, 5.74) is 0.701. The maximum absolute atomic E-state index is 13.6. The van der Waals surface area contributed by atoms with E-state index in [2.05, 4.69) is 4.99 Å². The van der Waals surface area contributed by atoms with Gasteiger partial charge in [-0.1, -0.05) is 41.7 Å². The van der Waals surface area contributed by atoms with Crippen LogP contribution in [0.25, 0.3) is 6.08 Å². The first-order valence-electron chi connectivity index (χ1n) is 11.6. The maximum Gasteiger partial charge on any atom is 0.338 e. The Morgan fingerprint density at radius 2 is 2.00 bits per heavy atom. The average molecular weight is 550 g/mol. The minimum Gasteiger partial charge on any atom is -0.479 e. The molecule has 0 fully saturated rings. The van der Waals surface area contributed by atoms with E-state index in [1.807, 2.05) is 30.3 Å². The second-order valence-corrected chi connectivity index (χ2v) is 9.46. The van der Waals surface area contributed by atoms with Gasteiger partial charge in [-0.05, 0) is 30.7 Å². The van der Waals surface area contributed by atoms with Crippen LogP contribution < -0.4 is 19.6 Å². The molecule has 0 aliphatic carbocycles. The van der Waals surface area contributed by atoms with E-state index in [-0.39, 0.29) is 29.2 Å². The van der Waals surface area contributed by atoms with Gasteiger partial charge >= 0.3 is 11.7 Å². The van der Waals surface area contributed by atoms with Crippen molar-refractivity contribution in [3.8, 4) is 5.75 Å². The lowest BCUT2D eigenvalue weighted by atomic mass is 9.96. The zero-order valence-electron chi connectivity index (χ0n) is 20.6. The van der Waals surface area contributed by atoms with Gasteiger partial charge in [-0.2, -0.15) is 0 Å². The van der Waals surface area contributed by atoms with E-state index < -0.39 is 22.8 Å². The van der Waals surface area contributed by atoms with Crippen molar-refractivity contribution in [1.82, 2.24) is 4.57 Å². The number of carbonyl (C=O) groups excluding carboxylic acids is 1. The topological polar surface area (TPSA) is 126 Å². The average Bonchev–Trinajstić information content (AvgIpc) is 3.50. The second kappa shape index (κ2) is 10.5. The van der Waals surface area contributed by atoms with Gasteiger partial charge in [0.2, 0.25) is 0 Å². The molecule has 3 heterocycles. The first kappa shape index (κ1) is 25.8. The first-order chi connectivity index (χ1) is 18.8. The number of methoxy groups -OCH3 is 1. The van der Waals surface area contributed by atoms with Gasteiger partial charge in [0.15, 0.2) is 10.6 Å². The Morgan fingerprint density at radius 1 is 1.23 bits per heavy atom. The lowest BCUT2D eigenvalue weighted by Crippen LogP contribution is -2.39. The van der Waals surface area contributed by atoms with Gasteiger partial charge in [-0.15, -0.1) is 0 Å². The number of halogens is 1. The van der Waals surface area contributed by atoms with Crippen LogP contribution >= 0.6 is 11.3 Å². The summed E-state index contributed by atoms with van der Waals surface area (Å²) in [4.78, 5) is 41.7. The van der Waals surface area contributed by atoms with E-state index in [9.17, 15) is 24.1 Å². The minimum absolute atomic E-state index is 0.199. The van der Waals surface area contributed by atoms with E-state index in [1.54, 1.807) is 19.1 Å². The second-order valence-electron chi connectivity index (χ2n) is 8.45. The highest BCUT2D eigenvalue weighted by Crippen LogP contribution is 2.31. The number of nitrogens with zero attached hydrogens (tertiary/aromatic N) is 3. The zero-order valence-corrected chi connectivity index (χ0v) is 21.4. The third kappa shape index (κ3) is 5.01. The van der Waals surface area contributed by atoms with Gasteiger partial charge in [-0.3, -0.25) is 19.5 Å². The number of carbonyl (C=O) groups is 1. The monoisotopic (exact) mass is 549 g/mol. The number of nitro benzene ring substituents is 1. The molecule has 10 nitrogen and oxygen atoms in total. The molecule has 5 rings (SSSR count). The Morgan fingerprint density at radius 3 is 2.72 bits per heavy atom. The van der Waals surface area contributed by atoms with Gasteiger partial charge < -0.3 is 13.9 Å². The van der Waals surface area contributed by atoms with Crippen LogP contribution in [-0.4, -0.2) is 22.6 Å². The number of fused-ring (bicyclic) bond motifs is 1. The quantitative estimate of drug-likeness (QED) is 0.196. The van der Waals surface area contributed by atoms with Crippen LogP contribution in [0.3, 0.4) is 0 Å². The Balaban J connectivity index is 1.49. The molecule has 0 saturated heterocycles. The van der Waals surface area contributed by atoms with E-state index in [0.717, 1.165) is 35.1 Å². The molecule has 0 saturated carbocycles. The van der Waals surface area contributed by atoms with Crippen LogP contribution in [0.5, 0.6) is 5.75 Å². The van der Waals surface area contributed by atoms with E-state index in [1.165, 1.54) is 17.8 Å². The summed E-state index contributed by atoms with van der Waals surface area (Å²) in [5, 5.41) is 11.2. The number of hydrogen-bond acceptors (Lipinski definition) is 9. The maximum atomic E-state index is 13.6. The molecule has 0 N–H and O–H groups in total. The molecule has 0 spiro atoms. The molecule has 0 bridgehead atoms. The van der Waals surface area contributed by atoms with Crippen LogP contribution in [0.4, 0.5) is 10.1 Å². The highest BCUT2D eigenvalue weighted by Gasteiger charge is 2.33. The Kier molecular flexibility index (Phi) is 6.94. The van der Waals surface area contributed by atoms with Crippen LogP contribution in [0.2, 0.25) is 0 Å². The van der Waals surface area contributed by atoms with Crippen molar-refractivity contribution in [3.05, 3.63) is 125 Å². The van der Waals surface area contributed by atoms with Crippen LogP contribution in [-0.2, 0) is 16.1 Å². The van der Waals surface area contributed by atoms with Gasteiger partial charge in [-0.25, -0.2) is 14.2 Å². The molecule has 0 radical (unpaired) electrons. The molecule has 0 unspecified atom stereocenters. The number of aromatic nitrogens is 1. The Bertz CT molecular complexity index is 1800. The van der Waals surface area contributed by atoms with Crippen molar-refractivity contribution in [1.29, 1.82) is 0 Å². The number of hydrogen-bond donors (Lipinski definition) is 0. The molecule has 39 heavy (non-hydrogen) atoms. The van der Waals surface area contributed by atoms with Crippen molar-refractivity contribution in [2.45, 2.75) is 19.6 Å². The number of rotatable bonds is 7. The molecule has 2 aromatic carbocycles.